The molecule has 3 nitrogen and oxygen atoms in total. The first-order chi connectivity index (χ1) is 9.03. The van der Waals surface area contributed by atoms with Crippen LogP contribution in [0.2, 0.25) is 0 Å². The van der Waals surface area contributed by atoms with Crippen LogP contribution in [0.4, 0.5) is 0 Å². The van der Waals surface area contributed by atoms with Crippen LogP contribution in [0.3, 0.4) is 0 Å². The Bertz CT molecular complexity index is 237. The van der Waals surface area contributed by atoms with E-state index in [1.807, 2.05) is 0 Å². The fourth-order valence-corrected chi connectivity index (χ4v) is 2.86. The maximum atomic E-state index is 5.71. The van der Waals surface area contributed by atoms with Gasteiger partial charge in [-0.2, -0.15) is 0 Å². The summed E-state index contributed by atoms with van der Waals surface area (Å²) >= 11 is 0. The Morgan fingerprint density at radius 3 is 2.47 bits per heavy atom. The number of rotatable bonds is 9. The van der Waals surface area contributed by atoms with E-state index in [0.717, 1.165) is 38.8 Å². The van der Waals surface area contributed by atoms with Crippen molar-refractivity contribution in [2.75, 3.05) is 39.4 Å². The highest BCUT2D eigenvalue weighted by molar-refractivity contribution is 4.89. The maximum Gasteiger partial charge on any atom is 0.0547 e. The first-order valence-electron chi connectivity index (χ1n) is 8.05. The molecule has 19 heavy (non-hydrogen) atoms. The Hall–Kier alpha value is -0.120. The van der Waals surface area contributed by atoms with Gasteiger partial charge in [-0.05, 0) is 38.8 Å². The average molecular weight is 270 g/mol. The Kier molecular flexibility index (Phi) is 7.33. The van der Waals surface area contributed by atoms with E-state index < -0.39 is 0 Å². The molecule has 0 radical (unpaired) electrons. The van der Waals surface area contributed by atoms with Gasteiger partial charge in [0.05, 0.1) is 6.61 Å². The van der Waals surface area contributed by atoms with Crippen LogP contribution >= 0.6 is 0 Å². The Morgan fingerprint density at radius 2 is 2.00 bits per heavy atom. The molecular formula is C16H34N2O. The third-order valence-corrected chi connectivity index (χ3v) is 4.40. The van der Waals surface area contributed by atoms with E-state index in [0.29, 0.717) is 11.5 Å². The topological polar surface area (TPSA) is 24.5 Å². The fraction of sp³-hybridized carbons (Fsp3) is 1.00. The van der Waals surface area contributed by atoms with Gasteiger partial charge in [0.1, 0.15) is 0 Å². The van der Waals surface area contributed by atoms with Crippen LogP contribution in [-0.4, -0.2) is 50.3 Å². The summed E-state index contributed by atoms with van der Waals surface area (Å²) < 4.78 is 5.71. The van der Waals surface area contributed by atoms with Crippen molar-refractivity contribution in [3.8, 4) is 0 Å². The molecule has 1 aliphatic heterocycles. The number of ether oxygens (including phenoxy) is 1. The highest BCUT2D eigenvalue weighted by Crippen LogP contribution is 2.30. The number of nitrogens with zero attached hydrogens (tertiary/aromatic N) is 1. The van der Waals surface area contributed by atoms with E-state index in [1.54, 1.807) is 0 Å². The van der Waals surface area contributed by atoms with Crippen molar-refractivity contribution < 1.29 is 4.74 Å². The van der Waals surface area contributed by atoms with Gasteiger partial charge in [-0.1, -0.05) is 27.7 Å². The van der Waals surface area contributed by atoms with Crippen molar-refractivity contribution in [2.45, 2.75) is 53.5 Å². The Morgan fingerprint density at radius 1 is 1.26 bits per heavy atom. The van der Waals surface area contributed by atoms with Gasteiger partial charge in [0.25, 0.3) is 0 Å². The molecular weight excluding hydrogens is 236 g/mol. The zero-order valence-electron chi connectivity index (χ0n) is 13.7. The smallest absolute Gasteiger partial charge is 0.0547 e. The molecule has 0 aromatic rings. The molecule has 1 rings (SSSR count). The van der Waals surface area contributed by atoms with Crippen molar-refractivity contribution in [3.63, 3.8) is 0 Å². The lowest BCUT2D eigenvalue weighted by atomic mass is 9.85. The molecule has 1 fully saturated rings. The van der Waals surface area contributed by atoms with Gasteiger partial charge in [0.15, 0.2) is 0 Å². The third kappa shape index (κ3) is 5.41. The second-order valence-electron chi connectivity index (χ2n) is 6.65. The summed E-state index contributed by atoms with van der Waals surface area (Å²) in [6.45, 7) is 17.8. The summed E-state index contributed by atoms with van der Waals surface area (Å²) in [6.07, 6.45) is 2.43. The van der Waals surface area contributed by atoms with Crippen LogP contribution in [0.15, 0.2) is 0 Å². The maximum absolute atomic E-state index is 5.71. The van der Waals surface area contributed by atoms with Gasteiger partial charge < -0.3 is 15.0 Å². The monoisotopic (exact) mass is 270 g/mol. The first kappa shape index (κ1) is 16.9. The van der Waals surface area contributed by atoms with Gasteiger partial charge in [-0.3, -0.25) is 0 Å². The summed E-state index contributed by atoms with van der Waals surface area (Å²) in [5.74, 6) is 0.719. The van der Waals surface area contributed by atoms with E-state index in [9.17, 15) is 0 Å². The molecule has 0 aromatic heterocycles. The van der Waals surface area contributed by atoms with Crippen LogP contribution < -0.4 is 5.32 Å². The SMILES string of the molecule is CCC(C)N(CC)CC1(CNCC(C)C)CCOC1. The van der Waals surface area contributed by atoms with Crippen molar-refractivity contribution in [1.29, 1.82) is 0 Å². The minimum Gasteiger partial charge on any atom is -0.381 e. The number of nitrogens with one attached hydrogen (secondary N) is 1. The molecule has 0 bridgehead atoms. The molecule has 114 valence electrons. The van der Waals surface area contributed by atoms with E-state index in [4.69, 9.17) is 4.74 Å². The van der Waals surface area contributed by atoms with Crippen molar-refractivity contribution in [2.24, 2.45) is 11.3 Å². The molecule has 0 amide bonds. The Balaban J connectivity index is 2.54. The van der Waals surface area contributed by atoms with Gasteiger partial charge in [0.2, 0.25) is 0 Å². The molecule has 0 aromatic carbocycles. The second kappa shape index (κ2) is 8.23. The van der Waals surface area contributed by atoms with E-state index in [1.165, 1.54) is 19.4 Å². The summed E-state index contributed by atoms with van der Waals surface area (Å²) in [6, 6.07) is 0.674. The normalized spacial score (nSPS) is 25.4. The molecule has 1 aliphatic rings. The predicted octanol–water partition coefficient (Wildman–Crippen LogP) is 2.76. The zero-order valence-corrected chi connectivity index (χ0v) is 13.7. The summed E-state index contributed by atoms with van der Waals surface area (Å²) in [5.41, 5.74) is 0.328. The van der Waals surface area contributed by atoms with Crippen LogP contribution in [-0.2, 0) is 4.74 Å². The lowest BCUT2D eigenvalue weighted by Gasteiger charge is -2.37. The lowest BCUT2D eigenvalue weighted by Crippen LogP contribution is -2.47. The molecule has 3 heteroatoms. The zero-order chi connectivity index (χ0) is 14.3. The minimum atomic E-state index is 0.328. The van der Waals surface area contributed by atoms with E-state index >= 15 is 0 Å². The fourth-order valence-electron chi connectivity index (χ4n) is 2.86. The minimum absolute atomic E-state index is 0.328. The molecule has 0 saturated carbocycles. The van der Waals surface area contributed by atoms with Gasteiger partial charge in [-0.25, -0.2) is 0 Å². The lowest BCUT2D eigenvalue weighted by molar-refractivity contribution is 0.0904. The molecule has 1 N–H and O–H groups in total. The number of hydrogen-bond acceptors (Lipinski definition) is 3. The number of hydrogen-bond donors (Lipinski definition) is 1. The summed E-state index contributed by atoms with van der Waals surface area (Å²) in [4.78, 5) is 2.62. The molecule has 1 saturated heterocycles. The van der Waals surface area contributed by atoms with Gasteiger partial charge in [0, 0.05) is 31.2 Å². The standard InChI is InChI=1S/C16H34N2O/c1-6-15(5)18(7-2)12-16(8-9-19-13-16)11-17-10-14(3)4/h14-15,17H,6-13H2,1-5H3. The molecule has 2 unspecified atom stereocenters. The third-order valence-electron chi connectivity index (χ3n) is 4.40. The first-order valence-corrected chi connectivity index (χ1v) is 8.05. The van der Waals surface area contributed by atoms with Crippen LogP contribution in [0, 0.1) is 11.3 Å². The Labute approximate surface area is 120 Å². The summed E-state index contributed by atoms with van der Waals surface area (Å²) in [7, 11) is 0. The van der Waals surface area contributed by atoms with Crippen LogP contribution in [0.5, 0.6) is 0 Å². The predicted molar refractivity (Wildman–Crippen MR) is 82.6 cm³/mol. The molecule has 0 spiro atoms. The van der Waals surface area contributed by atoms with Crippen molar-refractivity contribution in [1.82, 2.24) is 10.2 Å². The summed E-state index contributed by atoms with van der Waals surface area (Å²) in [5, 5.41) is 3.65. The second-order valence-corrected chi connectivity index (χ2v) is 6.65. The quantitative estimate of drug-likeness (QED) is 0.697. The van der Waals surface area contributed by atoms with E-state index in [-0.39, 0.29) is 0 Å². The average Bonchev–Trinajstić information content (AvgIpc) is 2.83. The van der Waals surface area contributed by atoms with Crippen LogP contribution in [0.1, 0.15) is 47.5 Å². The van der Waals surface area contributed by atoms with Crippen molar-refractivity contribution in [3.05, 3.63) is 0 Å². The van der Waals surface area contributed by atoms with Gasteiger partial charge >= 0.3 is 0 Å². The highest BCUT2D eigenvalue weighted by atomic mass is 16.5. The van der Waals surface area contributed by atoms with Gasteiger partial charge in [-0.15, -0.1) is 0 Å². The molecule has 0 aliphatic carbocycles. The van der Waals surface area contributed by atoms with Crippen LogP contribution in [0.25, 0.3) is 0 Å². The molecule has 1 heterocycles. The largest absolute Gasteiger partial charge is 0.381 e. The van der Waals surface area contributed by atoms with Crippen molar-refractivity contribution >= 4 is 0 Å². The highest BCUT2D eigenvalue weighted by Gasteiger charge is 2.36. The van der Waals surface area contributed by atoms with E-state index in [2.05, 4.69) is 44.8 Å². The molecule has 2 atom stereocenters.